The first-order chi connectivity index (χ1) is 14.1. The van der Waals surface area contributed by atoms with E-state index in [1.165, 1.54) is 18.2 Å². The third-order valence-electron chi connectivity index (χ3n) is 4.18. The van der Waals surface area contributed by atoms with Gasteiger partial charge in [0.05, 0.1) is 18.2 Å². The molecule has 0 radical (unpaired) electrons. The molecule has 0 aliphatic carbocycles. The summed E-state index contributed by atoms with van der Waals surface area (Å²) in [5.41, 5.74) is 1.96. The third-order valence-corrected chi connectivity index (χ3v) is 4.18. The van der Waals surface area contributed by atoms with Crippen molar-refractivity contribution in [1.82, 2.24) is 0 Å². The largest absolute Gasteiger partial charge is 0.490 e. The average molecular weight is 391 g/mol. The van der Waals surface area contributed by atoms with Gasteiger partial charge in [-0.1, -0.05) is 36.4 Å². The Balaban J connectivity index is 1.87. The molecule has 3 rings (SSSR count). The summed E-state index contributed by atoms with van der Waals surface area (Å²) >= 11 is 0. The van der Waals surface area contributed by atoms with Gasteiger partial charge in [-0.15, -0.1) is 0 Å². The number of ether oxygens (including phenoxy) is 2. The second-order valence-corrected chi connectivity index (χ2v) is 6.20. The Labute approximate surface area is 168 Å². The number of allylic oxidation sites excluding steroid dienone is 1. The van der Waals surface area contributed by atoms with Crippen LogP contribution in [-0.2, 0) is 6.61 Å². The Bertz CT molecular complexity index is 1070. The van der Waals surface area contributed by atoms with Crippen molar-refractivity contribution >= 4 is 11.6 Å². The summed E-state index contributed by atoms with van der Waals surface area (Å²) in [6.07, 6.45) is 1.65. The van der Waals surface area contributed by atoms with Crippen molar-refractivity contribution in [1.29, 1.82) is 5.26 Å². The van der Waals surface area contributed by atoms with Crippen LogP contribution >= 0.6 is 0 Å². The molecule has 3 nitrogen and oxygen atoms in total. The Morgan fingerprint density at radius 3 is 2.52 bits per heavy atom. The Morgan fingerprint density at radius 2 is 1.79 bits per heavy atom. The molecular formula is C24H19F2NO2. The van der Waals surface area contributed by atoms with Gasteiger partial charge in [0.25, 0.3) is 0 Å². The predicted molar refractivity (Wildman–Crippen MR) is 108 cm³/mol. The average Bonchev–Trinajstić information content (AvgIpc) is 2.72. The highest BCUT2D eigenvalue weighted by Gasteiger charge is 2.09. The first-order valence-electron chi connectivity index (χ1n) is 9.11. The molecule has 0 unspecified atom stereocenters. The molecule has 0 bridgehead atoms. The molecule has 0 saturated carbocycles. The van der Waals surface area contributed by atoms with Gasteiger partial charge in [0, 0.05) is 5.56 Å². The van der Waals surface area contributed by atoms with Gasteiger partial charge >= 0.3 is 0 Å². The van der Waals surface area contributed by atoms with Crippen LogP contribution in [0, 0.1) is 23.0 Å². The van der Waals surface area contributed by atoms with Crippen LogP contribution in [-0.4, -0.2) is 6.61 Å². The molecule has 5 heteroatoms. The lowest BCUT2D eigenvalue weighted by molar-refractivity contribution is 0.266. The van der Waals surface area contributed by atoms with E-state index in [1.54, 1.807) is 54.6 Å². The lowest BCUT2D eigenvalue weighted by atomic mass is 10.0. The molecule has 0 atom stereocenters. The Kier molecular flexibility index (Phi) is 6.59. The summed E-state index contributed by atoms with van der Waals surface area (Å²) < 4.78 is 38.7. The van der Waals surface area contributed by atoms with Crippen LogP contribution in [0.25, 0.3) is 11.6 Å². The molecule has 3 aromatic rings. The zero-order valence-corrected chi connectivity index (χ0v) is 15.9. The van der Waals surface area contributed by atoms with Gasteiger partial charge in [-0.05, 0) is 54.5 Å². The van der Waals surface area contributed by atoms with E-state index < -0.39 is 5.82 Å². The summed E-state index contributed by atoms with van der Waals surface area (Å²) in [4.78, 5) is 0. The fourth-order valence-corrected chi connectivity index (χ4v) is 2.78. The first kappa shape index (κ1) is 20.1. The SMILES string of the molecule is CCOc1cc(/C=C(/C#N)c2cccc(F)c2)ccc1OCc1ccccc1F. The molecule has 0 aliphatic rings. The summed E-state index contributed by atoms with van der Waals surface area (Å²) in [6.45, 7) is 2.32. The minimum Gasteiger partial charge on any atom is -0.490 e. The molecule has 0 spiro atoms. The highest BCUT2D eigenvalue weighted by Crippen LogP contribution is 2.31. The van der Waals surface area contributed by atoms with Crippen molar-refractivity contribution in [2.75, 3.05) is 6.61 Å². The van der Waals surface area contributed by atoms with Crippen molar-refractivity contribution < 1.29 is 18.3 Å². The maximum Gasteiger partial charge on any atom is 0.161 e. The normalized spacial score (nSPS) is 11.0. The predicted octanol–water partition coefficient (Wildman–Crippen LogP) is 6.01. The minimum absolute atomic E-state index is 0.0642. The van der Waals surface area contributed by atoms with Crippen LogP contribution < -0.4 is 9.47 Å². The van der Waals surface area contributed by atoms with E-state index in [-0.39, 0.29) is 12.4 Å². The lowest BCUT2D eigenvalue weighted by Crippen LogP contribution is -2.01. The van der Waals surface area contributed by atoms with Crippen molar-refractivity contribution in [3.05, 3.63) is 95.1 Å². The quantitative estimate of drug-likeness (QED) is 0.366. The van der Waals surface area contributed by atoms with Crippen LogP contribution in [0.4, 0.5) is 8.78 Å². The van der Waals surface area contributed by atoms with Crippen LogP contribution in [0.1, 0.15) is 23.6 Å². The van der Waals surface area contributed by atoms with Crippen molar-refractivity contribution in [2.24, 2.45) is 0 Å². The third kappa shape index (κ3) is 5.20. The Hall–Kier alpha value is -3.65. The van der Waals surface area contributed by atoms with Gasteiger partial charge in [0.2, 0.25) is 0 Å². The Morgan fingerprint density at radius 1 is 0.966 bits per heavy atom. The fourth-order valence-electron chi connectivity index (χ4n) is 2.78. The number of halogens is 2. The standard InChI is InChI=1S/C24H19F2NO2/c1-2-28-24-13-17(12-20(15-27)18-7-5-8-21(25)14-18)10-11-23(24)29-16-19-6-3-4-9-22(19)26/h3-14H,2,16H2,1H3/b20-12-. The highest BCUT2D eigenvalue weighted by molar-refractivity contribution is 5.89. The molecule has 0 aliphatic heterocycles. The number of rotatable bonds is 7. The zero-order chi connectivity index (χ0) is 20.6. The molecule has 29 heavy (non-hydrogen) atoms. The second-order valence-electron chi connectivity index (χ2n) is 6.20. The fraction of sp³-hybridized carbons (Fsp3) is 0.125. The maximum atomic E-state index is 13.8. The molecule has 0 N–H and O–H groups in total. The molecule has 0 amide bonds. The number of benzene rings is 3. The number of nitriles is 1. The van der Waals surface area contributed by atoms with Crippen LogP contribution in [0.3, 0.4) is 0 Å². The summed E-state index contributed by atoms with van der Waals surface area (Å²) in [5, 5.41) is 9.46. The monoisotopic (exact) mass is 391 g/mol. The van der Waals surface area contributed by atoms with Crippen LogP contribution in [0.15, 0.2) is 66.7 Å². The van der Waals surface area contributed by atoms with Crippen LogP contribution in [0.5, 0.6) is 11.5 Å². The van der Waals surface area contributed by atoms with Crippen molar-refractivity contribution in [3.63, 3.8) is 0 Å². The van der Waals surface area contributed by atoms with E-state index in [9.17, 15) is 14.0 Å². The zero-order valence-electron chi connectivity index (χ0n) is 15.9. The first-order valence-corrected chi connectivity index (χ1v) is 9.11. The van der Waals surface area contributed by atoms with Gasteiger partial charge in [-0.3, -0.25) is 0 Å². The van der Waals surface area contributed by atoms with Gasteiger partial charge in [0.15, 0.2) is 11.5 Å². The summed E-state index contributed by atoms with van der Waals surface area (Å²) in [7, 11) is 0. The highest BCUT2D eigenvalue weighted by atomic mass is 19.1. The van der Waals surface area contributed by atoms with E-state index in [0.717, 1.165) is 0 Å². The van der Waals surface area contributed by atoms with Gasteiger partial charge in [-0.25, -0.2) is 8.78 Å². The van der Waals surface area contributed by atoms with Gasteiger partial charge in [0.1, 0.15) is 18.2 Å². The molecule has 146 valence electrons. The summed E-state index contributed by atoms with van der Waals surface area (Å²) in [5.74, 6) is 0.208. The number of nitrogens with zero attached hydrogens (tertiary/aromatic N) is 1. The van der Waals surface area contributed by atoms with Crippen LogP contribution in [0.2, 0.25) is 0 Å². The number of hydrogen-bond donors (Lipinski definition) is 0. The van der Waals surface area contributed by atoms with Crippen molar-refractivity contribution in [3.8, 4) is 17.6 Å². The van der Waals surface area contributed by atoms with Crippen molar-refractivity contribution in [2.45, 2.75) is 13.5 Å². The van der Waals surface area contributed by atoms with E-state index in [0.29, 0.717) is 40.4 Å². The molecule has 0 fully saturated rings. The van der Waals surface area contributed by atoms with E-state index >= 15 is 0 Å². The molecule has 0 aromatic heterocycles. The van der Waals surface area contributed by atoms with E-state index in [2.05, 4.69) is 6.07 Å². The van der Waals surface area contributed by atoms with Gasteiger partial charge in [-0.2, -0.15) is 5.26 Å². The number of hydrogen-bond acceptors (Lipinski definition) is 3. The smallest absolute Gasteiger partial charge is 0.161 e. The topological polar surface area (TPSA) is 42.2 Å². The van der Waals surface area contributed by atoms with E-state index in [1.807, 2.05) is 6.92 Å². The lowest BCUT2D eigenvalue weighted by Gasteiger charge is -2.13. The maximum absolute atomic E-state index is 13.8. The molecular weight excluding hydrogens is 372 g/mol. The second kappa shape index (κ2) is 9.52. The molecule has 0 saturated heterocycles. The minimum atomic E-state index is -0.407. The van der Waals surface area contributed by atoms with Gasteiger partial charge < -0.3 is 9.47 Å². The molecule has 3 aromatic carbocycles. The van der Waals surface area contributed by atoms with E-state index in [4.69, 9.17) is 9.47 Å². The summed E-state index contributed by atoms with van der Waals surface area (Å²) in [6, 6.07) is 19.6. The molecule has 0 heterocycles.